The maximum Gasteiger partial charge on any atom is 0.306 e. The summed E-state index contributed by atoms with van der Waals surface area (Å²) in [6.45, 7) is 4.11. The number of unbranched alkanes of at least 4 members (excludes halogenated alkanes) is 24. The van der Waals surface area contributed by atoms with E-state index in [0.29, 0.717) is 12.8 Å². The molecule has 0 aliphatic heterocycles. The molecule has 1 atom stereocenters. The average Bonchev–Trinajstić information content (AvgIpc) is 3.10. The summed E-state index contributed by atoms with van der Waals surface area (Å²) >= 11 is 0. The molecule has 5 nitrogen and oxygen atoms in total. The maximum atomic E-state index is 12.2. The summed E-state index contributed by atoms with van der Waals surface area (Å²) in [7, 11) is 0. The summed E-state index contributed by atoms with van der Waals surface area (Å²) in [4.78, 5) is 24.3. The molecule has 0 saturated carbocycles. The molecule has 0 heterocycles. The van der Waals surface area contributed by atoms with E-state index >= 15 is 0 Å². The largest absolute Gasteiger partial charge is 0.462 e. The molecule has 0 bridgehead atoms. The van der Waals surface area contributed by atoms with Crippen LogP contribution in [0, 0.1) is 0 Å². The van der Waals surface area contributed by atoms with Crippen molar-refractivity contribution in [3.8, 4) is 0 Å². The highest BCUT2D eigenvalue weighted by atomic mass is 16.6. The molecule has 0 aromatic rings. The monoisotopic (exact) mass is 689 g/mol. The highest BCUT2D eigenvalue weighted by molar-refractivity contribution is 5.70. The molecule has 1 N–H and O–H groups in total. The van der Waals surface area contributed by atoms with E-state index in [1.165, 1.54) is 128 Å². The third kappa shape index (κ3) is 38.8. The standard InChI is InChI=1S/C44H80O5/c1-3-5-7-9-11-13-15-17-19-21-22-23-25-27-29-31-33-35-37-39-44(47)49-42(40-45)41-48-43(46)38-36-34-32-30-28-26-24-20-18-16-14-12-10-8-6-4-2/h11,13,17,19,22-23,42,45H,3-10,12,14-16,18,20-21,24-41H2,1-2H3/b13-11-,19-17-,23-22-/t42-/m0/s1. The average molecular weight is 689 g/mol. The van der Waals surface area contributed by atoms with Crippen LogP contribution in [0.3, 0.4) is 0 Å². The van der Waals surface area contributed by atoms with E-state index in [9.17, 15) is 14.7 Å². The molecule has 0 radical (unpaired) electrons. The fourth-order valence-corrected chi connectivity index (χ4v) is 5.97. The Balaban J connectivity index is 3.56. The second-order valence-electron chi connectivity index (χ2n) is 14.1. The van der Waals surface area contributed by atoms with Gasteiger partial charge in [-0.05, 0) is 51.4 Å². The molecular formula is C44H80O5. The van der Waals surface area contributed by atoms with E-state index < -0.39 is 6.10 Å². The molecule has 0 unspecified atom stereocenters. The topological polar surface area (TPSA) is 72.8 Å². The van der Waals surface area contributed by atoms with Gasteiger partial charge < -0.3 is 14.6 Å². The first-order valence-corrected chi connectivity index (χ1v) is 21.0. The van der Waals surface area contributed by atoms with E-state index in [4.69, 9.17) is 9.47 Å². The van der Waals surface area contributed by atoms with Gasteiger partial charge >= 0.3 is 11.9 Å². The lowest BCUT2D eigenvalue weighted by Gasteiger charge is -2.15. The lowest BCUT2D eigenvalue weighted by molar-refractivity contribution is -0.161. The minimum absolute atomic E-state index is 0.0683. The van der Waals surface area contributed by atoms with Crippen molar-refractivity contribution in [2.75, 3.05) is 13.2 Å². The summed E-state index contributed by atoms with van der Waals surface area (Å²) in [5.74, 6) is -0.598. The van der Waals surface area contributed by atoms with Gasteiger partial charge in [-0.25, -0.2) is 0 Å². The normalized spacial score (nSPS) is 12.5. The summed E-state index contributed by atoms with van der Waals surface area (Å²) in [5, 5.41) is 9.57. The Morgan fingerprint density at radius 1 is 0.469 bits per heavy atom. The highest BCUT2D eigenvalue weighted by Gasteiger charge is 2.16. The number of aliphatic hydroxyl groups is 1. The van der Waals surface area contributed by atoms with E-state index in [0.717, 1.165) is 57.8 Å². The number of ether oxygens (including phenoxy) is 2. The van der Waals surface area contributed by atoms with Crippen LogP contribution in [0.25, 0.3) is 0 Å². The fraction of sp³-hybridized carbons (Fsp3) is 0.818. The third-order valence-electron chi connectivity index (χ3n) is 9.19. The van der Waals surface area contributed by atoms with E-state index in [2.05, 4.69) is 50.3 Å². The Hall–Kier alpha value is -1.88. The van der Waals surface area contributed by atoms with Crippen molar-refractivity contribution in [3.63, 3.8) is 0 Å². The number of hydrogen-bond acceptors (Lipinski definition) is 5. The minimum Gasteiger partial charge on any atom is -0.462 e. The number of hydrogen-bond donors (Lipinski definition) is 1. The second-order valence-corrected chi connectivity index (χ2v) is 14.1. The van der Waals surface area contributed by atoms with Gasteiger partial charge in [0.2, 0.25) is 0 Å². The Morgan fingerprint density at radius 2 is 0.816 bits per heavy atom. The molecule has 0 aliphatic carbocycles. The van der Waals surface area contributed by atoms with Crippen LogP contribution in [-0.2, 0) is 19.1 Å². The van der Waals surface area contributed by atoms with Crippen LogP contribution in [0.4, 0.5) is 0 Å². The predicted molar refractivity (Wildman–Crippen MR) is 210 cm³/mol. The second kappa shape index (κ2) is 40.5. The van der Waals surface area contributed by atoms with Gasteiger partial charge in [0, 0.05) is 12.8 Å². The number of carbonyl (C=O) groups is 2. The number of aliphatic hydroxyl groups excluding tert-OH is 1. The van der Waals surface area contributed by atoms with E-state index in [-0.39, 0.29) is 25.2 Å². The first-order valence-electron chi connectivity index (χ1n) is 21.0. The van der Waals surface area contributed by atoms with Gasteiger partial charge in [0.1, 0.15) is 6.61 Å². The zero-order chi connectivity index (χ0) is 35.7. The number of carbonyl (C=O) groups excluding carboxylic acids is 2. The van der Waals surface area contributed by atoms with Gasteiger partial charge in [-0.2, -0.15) is 0 Å². The molecule has 286 valence electrons. The highest BCUT2D eigenvalue weighted by Crippen LogP contribution is 2.15. The van der Waals surface area contributed by atoms with Crippen LogP contribution >= 0.6 is 0 Å². The minimum atomic E-state index is -0.775. The van der Waals surface area contributed by atoms with Crippen molar-refractivity contribution < 1.29 is 24.2 Å². The molecule has 0 spiro atoms. The van der Waals surface area contributed by atoms with E-state index in [1.54, 1.807) is 0 Å². The van der Waals surface area contributed by atoms with Crippen LogP contribution in [0.15, 0.2) is 36.5 Å². The Morgan fingerprint density at radius 3 is 1.27 bits per heavy atom. The molecule has 49 heavy (non-hydrogen) atoms. The van der Waals surface area contributed by atoms with Crippen LogP contribution in [0.1, 0.15) is 213 Å². The number of rotatable bonds is 38. The summed E-state index contributed by atoms with van der Waals surface area (Å²) in [6, 6.07) is 0. The van der Waals surface area contributed by atoms with Crippen molar-refractivity contribution >= 4 is 11.9 Å². The molecule has 0 amide bonds. The molecule has 0 rings (SSSR count). The summed E-state index contributed by atoms with van der Waals surface area (Å²) in [6.07, 6.45) is 49.2. The van der Waals surface area contributed by atoms with Gasteiger partial charge in [-0.15, -0.1) is 0 Å². The smallest absolute Gasteiger partial charge is 0.306 e. The zero-order valence-electron chi connectivity index (χ0n) is 32.5. The first-order chi connectivity index (χ1) is 24.1. The van der Waals surface area contributed by atoms with Crippen LogP contribution in [0.5, 0.6) is 0 Å². The molecule has 0 saturated heterocycles. The number of allylic oxidation sites excluding steroid dienone is 6. The molecule has 0 aromatic heterocycles. The number of esters is 2. The van der Waals surface area contributed by atoms with Crippen molar-refractivity contribution in [2.45, 2.75) is 219 Å². The van der Waals surface area contributed by atoms with Crippen molar-refractivity contribution in [1.82, 2.24) is 0 Å². The van der Waals surface area contributed by atoms with Gasteiger partial charge in [0.05, 0.1) is 6.61 Å². The Bertz CT molecular complexity index is 786. The SMILES string of the molecule is CCCCC/C=C\C/C=C\C/C=C\CCCCCCCCC(=O)O[C@@H](CO)COC(=O)CCCCCCCCCCCCCCCCCC. The molecule has 0 aromatic carbocycles. The predicted octanol–water partition coefficient (Wildman–Crippen LogP) is 13.2. The maximum absolute atomic E-state index is 12.2. The fourth-order valence-electron chi connectivity index (χ4n) is 5.97. The van der Waals surface area contributed by atoms with Gasteiger partial charge in [-0.3, -0.25) is 9.59 Å². The lowest BCUT2D eigenvalue weighted by Crippen LogP contribution is -2.28. The molecule has 5 heteroatoms. The Labute approximate surface area is 304 Å². The molecular weight excluding hydrogens is 608 g/mol. The first kappa shape index (κ1) is 47.1. The van der Waals surface area contributed by atoms with Gasteiger partial charge in [0.25, 0.3) is 0 Å². The van der Waals surface area contributed by atoms with Crippen molar-refractivity contribution in [3.05, 3.63) is 36.5 Å². The van der Waals surface area contributed by atoms with Crippen molar-refractivity contribution in [2.24, 2.45) is 0 Å². The summed E-state index contributed by atoms with van der Waals surface area (Å²) in [5.41, 5.74) is 0. The summed E-state index contributed by atoms with van der Waals surface area (Å²) < 4.78 is 10.6. The van der Waals surface area contributed by atoms with Gasteiger partial charge in [0.15, 0.2) is 6.10 Å². The van der Waals surface area contributed by atoms with Gasteiger partial charge in [-0.1, -0.05) is 185 Å². The molecule has 0 aliphatic rings. The molecule has 0 fully saturated rings. The quantitative estimate of drug-likeness (QED) is 0.0397. The van der Waals surface area contributed by atoms with Crippen LogP contribution < -0.4 is 0 Å². The van der Waals surface area contributed by atoms with E-state index in [1.807, 2.05) is 0 Å². The Kier molecular flexibility index (Phi) is 39.0. The van der Waals surface area contributed by atoms with Crippen LogP contribution in [0.2, 0.25) is 0 Å². The zero-order valence-corrected chi connectivity index (χ0v) is 32.5. The van der Waals surface area contributed by atoms with Crippen molar-refractivity contribution in [1.29, 1.82) is 0 Å². The third-order valence-corrected chi connectivity index (χ3v) is 9.19. The van der Waals surface area contributed by atoms with Crippen LogP contribution in [-0.4, -0.2) is 36.4 Å². The lowest BCUT2D eigenvalue weighted by atomic mass is 10.0.